The average Bonchev–Trinajstić information content (AvgIpc) is 3.24. The van der Waals surface area contributed by atoms with Gasteiger partial charge in [-0.05, 0) is 26.8 Å². The summed E-state index contributed by atoms with van der Waals surface area (Å²) in [6.45, 7) is 7.80. The molecule has 3 aromatic rings. The Bertz CT molecular complexity index is 1060. The van der Waals surface area contributed by atoms with E-state index >= 15 is 0 Å². The van der Waals surface area contributed by atoms with Gasteiger partial charge < -0.3 is 19.9 Å². The Morgan fingerprint density at radius 1 is 1.27 bits per heavy atom. The van der Waals surface area contributed by atoms with Gasteiger partial charge in [0.1, 0.15) is 18.1 Å². The van der Waals surface area contributed by atoms with Crippen LogP contribution in [0.15, 0.2) is 29.3 Å². The Morgan fingerprint density at radius 3 is 2.83 bits per heavy atom. The molecule has 0 saturated carbocycles. The van der Waals surface area contributed by atoms with Crippen LogP contribution in [0.1, 0.15) is 45.3 Å². The first-order valence-electron chi connectivity index (χ1n) is 10.1. The van der Waals surface area contributed by atoms with Crippen LogP contribution in [-0.4, -0.2) is 32.3 Å². The van der Waals surface area contributed by atoms with Gasteiger partial charge in [-0.1, -0.05) is 18.2 Å². The Morgan fingerprint density at radius 2 is 2.10 bits per heavy atom. The maximum absolute atomic E-state index is 5.80. The summed E-state index contributed by atoms with van der Waals surface area (Å²) in [6, 6.07) is 8.29. The molecule has 0 radical (unpaired) electrons. The molecule has 1 atom stereocenters. The Balaban J connectivity index is 1.54. The number of nitrogens with one attached hydrogen (secondary N) is 2. The van der Waals surface area contributed by atoms with Gasteiger partial charge in [-0.2, -0.15) is 0 Å². The van der Waals surface area contributed by atoms with E-state index in [1.165, 1.54) is 4.88 Å². The molecule has 0 bridgehead atoms. The highest BCUT2D eigenvalue weighted by Crippen LogP contribution is 2.31. The topological polar surface area (TPSA) is 89.3 Å². The molecule has 4 rings (SSSR count). The Labute approximate surface area is 180 Å². The van der Waals surface area contributed by atoms with Crippen LogP contribution in [-0.2, 0) is 20.1 Å². The first kappa shape index (κ1) is 20.3. The smallest absolute Gasteiger partial charge is 0.192 e. The minimum Gasteiger partial charge on any atom is -0.493 e. The SMILES string of the molecule is Cc1nc(C)c(CNC(=NCc2nnc(C)n2C)NC2CCOc3ccccc32)s1. The zero-order valence-corrected chi connectivity index (χ0v) is 18.6. The lowest BCUT2D eigenvalue weighted by molar-refractivity contribution is 0.261. The molecule has 3 heterocycles. The normalized spacial score (nSPS) is 16.1. The molecule has 1 unspecified atom stereocenters. The monoisotopic (exact) mass is 425 g/mol. The van der Waals surface area contributed by atoms with Crippen LogP contribution in [0, 0.1) is 20.8 Å². The number of guanidine groups is 1. The van der Waals surface area contributed by atoms with Gasteiger partial charge in [-0.3, -0.25) is 0 Å². The molecule has 0 spiro atoms. The fraction of sp³-hybridized carbons (Fsp3) is 0.429. The van der Waals surface area contributed by atoms with E-state index in [0.717, 1.165) is 46.0 Å². The number of rotatable bonds is 5. The van der Waals surface area contributed by atoms with Crippen molar-refractivity contribution in [2.45, 2.75) is 46.3 Å². The van der Waals surface area contributed by atoms with Crippen LogP contribution in [0.5, 0.6) is 5.75 Å². The van der Waals surface area contributed by atoms with E-state index in [1.54, 1.807) is 11.3 Å². The minimum atomic E-state index is 0.131. The number of aliphatic imine (C=N–C) groups is 1. The van der Waals surface area contributed by atoms with E-state index in [1.807, 2.05) is 50.6 Å². The summed E-state index contributed by atoms with van der Waals surface area (Å²) in [5, 5.41) is 16.5. The van der Waals surface area contributed by atoms with E-state index in [0.29, 0.717) is 19.7 Å². The van der Waals surface area contributed by atoms with Crippen molar-refractivity contribution in [3.05, 3.63) is 57.1 Å². The molecule has 9 heteroatoms. The fourth-order valence-corrected chi connectivity index (χ4v) is 4.33. The molecular formula is C21H27N7OS. The van der Waals surface area contributed by atoms with Crippen molar-refractivity contribution in [3.8, 4) is 5.75 Å². The second-order valence-corrected chi connectivity index (χ2v) is 8.64. The van der Waals surface area contributed by atoms with Gasteiger partial charge in [0.05, 0.1) is 29.9 Å². The zero-order valence-electron chi connectivity index (χ0n) is 17.8. The predicted molar refractivity (Wildman–Crippen MR) is 118 cm³/mol. The van der Waals surface area contributed by atoms with E-state index < -0.39 is 0 Å². The van der Waals surface area contributed by atoms with Gasteiger partial charge in [0.15, 0.2) is 11.8 Å². The predicted octanol–water partition coefficient (Wildman–Crippen LogP) is 2.96. The molecule has 1 aliphatic rings. The summed E-state index contributed by atoms with van der Waals surface area (Å²) in [5.74, 6) is 3.36. The number of fused-ring (bicyclic) bond motifs is 1. The summed E-state index contributed by atoms with van der Waals surface area (Å²) in [6.07, 6.45) is 0.874. The first-order chi connectivity index (χ1) is 14.5. The number of ether oxygens (including phenoxy) is 1. The summed E-state index contributed by atoms with van der Waals surface area (Å²) in [5.41, 5.74) is 2.21. The van der Waals surface area contributed by atoms with Crippen molar-refractivity contribution in [2.24, 2.45) is 12.0 Å². The molecule has 0 fully saturated rings. The van der Waals surface area contributed by atoms with Crippen molar-refractivity contribution in [3.63, 3.8) is 0 Å². The zero-order chi connectivity index (χ0) is 21.1. The lowest BCUT2D eigenvalue weighted by atomic mass is 10.0. The van der Waals surface area contributed by atoms with Crippen molar-refractivity contribution in [1.29, 1.82) is 0 Å². The van der Waals surface area contributed by atoms with Crippen LogP contribution in [0.4, 0.5) is 0 Å². The Kier molecular flexibility index (Phi) is 5.98. The van der Waals surface area contributed by atoms with Crippen molar-refractivity contribution >= 4 is 17.3 Å². The van der Waals surface area contributed by atoms with E-state index in [2.05, 4.69) is 31.9 Å². The summed E-state index contributed by atoms with van der Waals surface area (Å²) in [7, 11) is 1.96. The van der Waals surface area contributed by atoms with E-state index in [-0.39, 0.29) is 6.04 Å². The summed E-state index contributed by atoms with van der Waals surface area (Å²) >= 11 is 1.71. The van der Waals surface area contributed by atoms with Gasteiger partial charge in [-0.15, -0.1) is 21.5 Å². The maximum atomic E-state index is 5.80. The third-order valence-corrected chi connectivity index (χ3v) is 6.32. The van der Waals surface area contributed by atoms with Gasteiger partial charge in [0.2, 0.25) is 0 Å². The molecule has 1 aromatic carbocycles. The number of para-hydroxylation sites is 1. The highest BCUT2D eigenvalue weighted by molar-refractivity contribution is 7.11. The van der Waals surface area contributed by atoms with Gasteiger partial charge in [-0.25, -0.2) is 9.98 Å². The second-order valence-electron chi connectivity index (χ2n) is 7.35. The van der Waals surface area contributed by atoms with E-state index in [9.17, 15) is 0 Å². The molecule has 0 aliphatic carbocycles. The van der Waals surface area contributed by atoms with Crippen molar-refractivity contribution in [2.75, 3.05) is 6.61 Å². The van der Waals surface area contributed by atoms with Crippen LogP contribution >= 0.6 is 11.3 Å². The lowest BCUT2D eigenvalue weighted by Gasteiger charge is -2.28. The van der Waals surface area contributed by atoms with Gasteiger partial charge >= 0.3 is 0 Å². The largest absolute Gasteiger partial charge is 0.493 e. The Hall–Kier alpha value is -2.94. The fourth-order valence-electron chi connectivity index (χ4n) is 3.45. The molecule has 0 amide bonds. The van der Waals surface area contributed by atoms with Crippen molar-refractivity contribution < 1.29 is 4.74 Å². The standard InChI is InChI=1S/C21H27N7OS/c1-13-19(30-15(3)24-13)11-22-21(23-12-20-27-26-14(2)28(20)4)25-17-9-10-29-18-8-6-5-7-16(17)18/h5-8,17H,9-12H2,1-4H3,(H2,22,23,25). The third-order valence-electron chi connectivity index (χ3n) is 5.25. The van der Waals surface area contributed by atoms with Crippen LogP contribution in [0.25, 0.3) is 0 Å². The molecule has 158 valence electrons. The van der Waals surface area contributed by atoms with Gasteiger partial charge in [0, 0.05) is 23.9 Å². The summed E-state index contributed by atoms with van der Waals surface area (Å²) < 4.78 is 7.76. The molecule has 2 aromatic heterocycles. The number of hydrogen-bond acceptors (Lipinski definition) is 6. The van der Waals surface area contributed by atoms with E-state index in [4.69, 9.17) is 9.73 Å². The quantitative estimate of drug-likeness (QED) is 0.483. The van der Waals surface area contributed by atoms with Crippen LogP contribution in [0.3, 0.4) is 0 Å². The summed E-state index contributed by atoms with van der Waals surface area (Å²) in [4.78, 5) is 10.5. The van der Waals surface area contributed by atoms with Crippen molar-refractivity contribution in [1.82, 2.24) is 30.4 Å². The van der Waals surface area contributed by atoms with Crippen LogP contribution < -0.4 is 15.4 Å². The molecule has 30 heavy (non-hydrogen) atoms. The number of thiazole rings is 1. The first-order valence-corrected chi connectivity index (χ1v) is 10.9. The van der Waals surface area contributed by atoms with Crippen LogP contribution in [0.2, 0.25) is 0 Å². The number of benzene rings is 1. The molecule has 0 saturated heterocycles. The molecule has 8 nitrogen and oxygen atoms in total. The number of aromatic nitrogens is 4. The van der Waals surface area contributed by atoms with Gasteiger partial charge in [0.25, 0.3) is 0 Å². The average molecular weight is 426 g/mol. The lowest BCUT2D eigenvalue weighted by Crippen LogP contribution is -2.40. The molecule has 2 N–H and O–H groups in total. The maximum Gasteiger partial charge on any atom is 0.192 e. The minimum absolute atomic E-state index is 0.131. The highest BCUT2D eigenvalue weighted by atomic mass is 32.1. The number of nitrogens with zero attached hydrogens (tertiary/aromatic N) is 5. The number of hydrogen-bond donors (Lipinski definition) is 2. The molecule has 1 aliphatic heterocycles. The molecular weight excluding hydrogens is 398 g/mol. The highest BCUT2D eigenvalue weighted by Gasteiger charge is 2.22. The second kappa shape index (κ2) is 8.83. The third kappa shape index (κ3) is 4.46. The number of aryl methyl sites for hydroxylation is 3.